The summed E-state index contributed by atoms with van der Waals surface area (Å²) < 4.78 is 24.9. The molecule has 0 radical (unpaired) electrons. The Kier molecular flexibility index (Phi) is 4.64. The van der Waals surface area contributed by atoms with Crippen molar-refractivity contribution in [2.45, 2.75) is 31.7 Å². The van der Waals surface area contributed by atoms with Gasteiger partial charge in [0.15, 0.2) is 0 Å². The Hall–Kier alpha value is -1.86. The molecular weight excluding hydrogens is 326 g/mol. The molecule has 1 fully saturated rings. The quantitative estimate of drug-likeness (QED) is 0.883. The number of carbonyl (C=O) groups is 1. The van der Waals surface area contributed by atoms with Crippen LogP contribution in [0.1, 0.15) is 31.2 Å². The van der Waals surface area contributed by atoms with E-state index in [-0.39, 0.29) is 5.91 Å². The molecule has 0 spiro atoms. The van der Waals surface area contributed by atoms with Gasteiger partial charge in [0.2, 0.25) is 15.9 Å². The number of carbonyl (C=O) groups excluding carboxylic acids is 1. The smallest absolute Gasteiger partial charge is 0.240 e. The van der Waals surface area contributed by atoms with E-state index in [9.17, 15) is 13.2 Å². The summed E-state index contributed by atoms with van der Waals surface area (Å²) in [6.07, 6.45) is 4.92. The summed E-state index contributed by atoms with van der Waals surface area (Å²) in [5.41, 5.74) is 2.44. The minimum absolute atomic E-state index is 0.155. The molecule has 2 N–H and O–H groups in total. The van der Waals surface area contributed by atoms with Crippen molar-refractivity contribution >= 4 is 26.8 Å². The molecule has 1 unspecified atom stereocenters. The minimum atomic E-state index is -3.38. The van der Waals surface area contributed by atoms with Crippen LogP contribution in [0.15, 0.2) is 30.5 Å². The predicted octanol–water partition coefficient (Wildman–Crippen LogP) is 1.81. The van der Waals surface area contributed by atoms with Gasteiger partial charge < -0.3 is 9.88 Å². The fraction of sp³-hybridized carbons (Fsp3) is 0.471. The summed E-state index contributed by atoms with van der Waals surface area (Å²) in [6, 6.07) is 7.52. The number of aromatic nitrogens is 1. The second kappa shape index (κ2) is 6.57. The number of hydrogen-bond donors (Lipinski definition) is 2. The van der Waals surface area contributed by atoms with E-state index in [1.54, 1.807) is 11.8 Å². The van der Waals surface area contributed by atoms with Crippen molar-refractivity contribution in [3.63, 3.8) is 0 Å². The Labute approximate surface area is 142 Å². The maximum Gasteiger partial charge on any atom is 0.240 e. The van der Waals surface area contributed by atoms with E-state index in [2.05, 4.69) is 28.0 Å². The number of likely N-dealkylation sites (tertiary alicyclic amines) is 1. The molecule has 1 aliphatic rings. The fourth-order valence-electron chi connectivity index (χ4n) is 3.49. The van der Waals surface area contributed by atoms with Crippen molar-refractivity contribution in [3.05, 3.63) is 36.0 Å². The Morgan fingerprint density at radius 3 is 2.62 bits per heavy atom. The standard InChI is InChI=1S/C17H23N3O3S/c1-12(19-24(2,22)23)17(21)20-9-7-13(8-10-20)15-11-18-16-6-4-3-5-14(15)16/h3-6,11-13,18-19H,7-10H2,1-2H3. The number of amides is 1. The second-order valence-electron chi connectivity index (χ2n) is 6.50. The number of piperidine rings is 1. The molecule has 7 heteroatoms. The van der Waals surface area contributed by atoms with Gasteiger partial charge >= 0.3 is 0 Å². The van der Waals surface area contributed by atoms with E-state index in [4.69, 9.17) is 0 Å². The third-order valence-electron chi connectivity index (χ3n) is 4.63. The highest BCUT2D eigenvalue weighted by atomic mass is 32.2. The van der Waals surface area contributed by atoms with E-state index >= 15 is 0 Å². The molecule has 1 aromatic heterocycles. The third kappa shape index (κ3) is 3.62. The van der Waals surface area contributed by atoms with Crippen molar-refractivity contribution in [1.29, 1.82) is 0 Å². The lowest BCUT2D eigenvalue weighted by Crippen LogP contribution is -2.48. The molecule has 2 heterocycles. The van der Waals surface area contributed by atoms with Gasteiger partial charge in [-0.15, -0.1) is 0 Å². The number of fused-ring (bicyclic) bond motifs is 1. The van der Waals surface area contributed by atoms with Gasteiger partial charge in [0.25, 0.3) is 0 Å². The van der Waals surface area contributed by atoms with Gasteiger partial charge in [-0.3, -0.25) is 4.79 Å². The number of nitrogens with zero attached hydrogens (tertiary/aromatic N) is 1. The number of rotatable bonds is 4. The highest BCUT2D eigenvalue weighted by molar-refractivity contribution is 7.88. The van der Waals surface area contributed by atoms with Crippen molar-refractivity contribution in [2.75, 3.05) is 19.3 Å². The van der Waals surface area contributed by atoms with E-state index < -0.39 is 16.1 Å². The number of nitrogens with one attached hydrogen (secondary N) is 2. The Morgan fingerprint density at radius 1 is 1.29 bits per heavy atom. The summed E-state index contributed by atoms with van der Waals surface area (Å²) in [5.74, 6) is 0.265. The van der Waals surface area contributed by atoms with Gasteiger partial charge in [0.05, 0.1) is 12.3 Å². The predicted molar refractivity (Wildman–Crippen MR) is 94.3 cm³/mol. The minimum Gasteiger partial charge on any atom is -0.361 e. The van der Waals surface area contributed by atoms with E-state index in [0.29, 0.717) is 19.0 Å². The average molecular weight is 349 g/mol. The molecular formula is C17H23N3O3S. The Morgan fingerprint density at radius 2 is 1.96 bits per heavy atom. The van der Waals surface area contributed by atoms with Crippen LogP contribution in [0.25, 0.3) is 10.9 Å². The molecule has 0 bridgehead atoms. The van der Waals surface area contributed by atoms with Crippen molar-refractivity contribution in [3.8, 4) is 0 Å². The summed E-state index contributed by atoms with van der Waals surface area (Å²) in [4.78, 5) is 17.4. The van der Waals surface area contributed by atoms with Crippen LogP contribution >= 0.6 is 0 Å². The summed E-state index contributed by atoms with van der Waals surface area (Å²) >= 11 is 0. The largest absolute Gasteiger partial charge is 0.361 e. The van der Waals surface area contributed by atoms with Crippen LogP contribution in [0.4, 0.5) is 0 Å². The molecule has 0 aliphatic carbocycles. The van der Waals surface area contributed by atoms with Crippen LogP contribution in [0.5, 0.6) is 0 Å². The van der Waals surface area contributed by atoms with E-state index in [1.807, 2.05) is 12.1 Å². The first-order valence-electron chi connectivity index (χ1n) is 8.17. The summed E-state index contributed by atoms with van der Waals surface area (Å²) in [6.45, 7) is 2.90. The number of aromatic amines is 1. The molecule has 1 saturated heterocycles. The van der Waals surface area contributed by atoms with Gasteiger partial charge in [-0.1, -0.05) is 18.2 Å². The van der Waals surface area contributed by atoms with Crippen LogP contribution in [0.3, 0.4) is 0 Å². The van der Waals surface area contributed by atoms with Crippen LogP contribution in [-0.2, 0) is 14.8 Å². The fourth-order valence-corrected chi connectivity index (χ4v) is 4.23. The number of para-hydroxylation sites is 1. The number of hydrogen-bond acceptors (Lipinski definition) is 3. The van der Waals surface area contributed by atoms with Crippen LogP contribution in [-0.4, -0.2) is 49.6 Å². The summed E-state index contributed by atoms with van der Waals surface area (Å²) in [7, 11) is -3.38. The normalized spacial score (nSPS) is 18.0. The molecule has 2 aromatic rings. The lowest BCUT2D eigenvalue weighted by Gasteiger charge is -2.33. The molecule has 1 atom stereocenters. The highest BCUT2D eigenvalue weighted by Crippen LogP contribution is 2.33. The van der Waals surface area contributed by atoms with Crippen molar-refractivity contribution in [2.24, 2.45) is 0 Å². The number of sulfonamides is 1. The molecule has 3 rings (SSSR count). The molecule has 1 amide bonds. The van der Waals surface area contributed by atoms with Gasteiger partial charge in [-0.2, -0.15) is 0 Å². The van der Waals surface area contributed by atoms with Crippen molar-refractivity contribution < 1.29 is 13.2 Å². The summed E-state index contributed by atoms with van der Waals surface area (Å²) in [5, 5.41) is 1.24. The third-order valence-corrected chi connectivity index (χ3v) is 5.41. The highest BCUT2D eigenvalue weighted by Gasteiger charge is 2.28. The van der Waals surface area contributed by atoms with Gasteiger partial charge in [-0.25, -0.2) is 13.1 Å². The maximum atomic E-state index is 12.4. The average Bonchev–Trinajstić information content (AvgIpc) is 2.97. The van der Waals surface area contributed by atoms with Gasteiger partial charge in [0, 0.05) is 30.2 Å². The topological polar surface area (TPSA) is 82.3 Å². The van der Waals surface area contributed by atoms with Crippen LogP contribution in [0, 0.1) is 0 Å². The first-order valence-corrected chi connectivity index (χ1v) is 10.1. The van der Waals surface area contributed by atoms with Gasteiger partial charge in [0.1, 0.15) is 0 Å². The molecule has 130 valence electrons. The lowest BCUT2D eigenvalue weighted by molar-refractivity contribution is -0.133. The SMILES string of the molecule is CC(NS(C)(=O)=O)C(=O)N1CCC(c2c[nH]c3ccccc23)CC1. The molecule has 0 saturated carbocycles. The maximum absolute atomic E-state index is 12.4. The van der Waals surface area contributed by atoms with Crippen LogP contribution in [0.2, 0.25) is 0 Å². The zero-order valence-corrected chi connectivity index (χ0v) is 14.8. The van der Waals surface area contributed by atoms with Gasteiger partial charge in [-0.05, 0) is 37.3 Å². The zero-order chi connectivity index (χ0) is 17.3. The number of H-pyrrole nitrogens is 1. The zero-order valence-electron chi connectivity index (χ0n) is 14.0. The van der Waals surface area contributed by atoms with Crippen molar-refractivity contribution in [1.82, 2.24) is 14.6 Å². The first kappa shape index (κ1) is 17.0. The van der Waals surface area contributed by atoms with E-state index in [1.165, 1.54) is 10.9 Å². The monoisotopic (exact) mass is 349 g/mol. The molecule has 6 nitrogen and oxygen atoms in total. The molecule has 24 heavy (non-hydrogen) atoms. The lowest BCUT2D eigenvalue weighted by atomic mass is 9.89. The second-order valence-corrected chi connectivity index (χ2v) is 8.28. The molecule has 1 aliphatic heterocycles. The van der Waals surface area contributed by atoms with E-state index in [0.717, 1.165) is 24.6 Å². The van der Waals surface area contributed by atoms with Crippen LogP contribution < -0.4 is 4.72 Å². The Bertz CT molecular complexity index is 836. The first-order chi connectivity index (χ1) is 11.3. The Balaban J connectivity index is 1.64. The number of benzene rings is 1. The molecule has 1 aromatic carbocycles.